The van der Waals surface area contributed by atoms with E-state index in [0.717, 1.165) is 32.1 Å². The standard InChI is InChI=1S/2C19H38O3/c1-3-4-5-6-7-8-9-10-11-12-13-14-15-16-17-19(2,22)18(20)21;1-3-4-5-6-7-8-9-10-11-12-13-14-15-16-17-18(20)19(21)22-2/h22H,3-17H2,1-2H3,(H,20,21);18,20H,3-17H2,1-2H3. The van der Waals surface area contributed by atoms with E-state index >= 15 is 0 Å². The molecule has 0 aromatic heterocycles. The molecule has 0 amide bonds. The summed E-state index contributed by atoms with van der Waals surface area (Å²) in [6, 6.07) is 0. The van der Waals surface area contributed by atoms with Crippen LogP contribution in [0, 0.1) is 0 Å². The summed E-state index contributed by atoms with van der Waals surface area (Å²) in [5.41, 5.74) is -1.54. The zero-order valence-electron chi connectivity index (χ0n) is 29.9. The van der Waals surface area contributed by atoms with E-state index in [4.69, 9.17) is 5.11 Å². The van der Waals surface area contributed by atoms with E-state index in [1.165, 1.54) is 162 Å². The lowest BCUT2D eigenvalue weighted by Crippen LogP contribution is -2.34. The first-order valence-electron chi connectivity index (χ1n) is 18.9. The molecule has 0 bridgehead atoms. The second-order valence-corrected chi connectivity index (χ2v) is 13.3. The van der Waals surface area contributed by atoms with Gasteiger partial charge in [-0.1, -0.05) is 187 Å². The molecule has 0 saturated carbocycles. The van der Waals surface area contributed by atoms with Crippen LogP contribution in [-0.4, -0.2) is 46.1 Å². The van der Waals surface area contributed by atoms with Crippen LogP contribution in [0.25, 0.3) is 0 Å². The smallest absolute Gasteiger partial charge is 0.335 e. The highest BCUT2D eigenvalue weighted by atomic mass is 16.5. The summed E-state index contributed by atoms with van der Waals surface area (Å²) in [6.45, 7) is 5.91. The number of aliphatic carboxylic acids is 1. The monoisotopic (exact) mass is 629 g/mol. The zero-order valence-corrected chi connectivity index (χ0v) is 29.9. The van der Waals surface area contributed by atoms with E-state index in [1.54, 1.807) is 0 Å². The normalized spacial score (nSPS) is 13.1. The minimum Gasteiger partial charge on any atom is -0.479 e. The van der Waals surface area contributed by atoms with E-state index in [2.05, 4.69) is 18.6 Å². The fourth-order valence-electron chi connectivity index (χ4n) is 5.56. The Morgan fingerprint density at radius 3 is 1.09 bits per heavy atom. The Morgan fingerprint density at radius 1 is 0.545 bits per heavy atom. The SMILES string of the molecule is CCCCCCCCCCCCCCCCC(C)(O)C(=O)O.CCCCCCCCCCCCCCCCC(O)C(=O)OC. The molecule has 0 heterocycles. The number of aliphatic hydroxyl groups excluding tert-OH is 1. The molecular formula is C38H76O6. The fourth-order valence-corrected chi connectivity index (χ4v) is 5.56. The number of carbonyl (C=O) groups is 2. The summed E-state index contributed by atoms with van der Waals surface area (Å²) >= 11 is 0. The van der Waals surface area contributed by atoms with Gasteiger partial charge in [0.05, 0.1) is 7.11 Å². The highest BCUT2D eigenvalue weighted by Crippen LogP contribution is 2.17. The van der Waals surface area contributed by atoms with Crippen LogP contribution in [-0.2, 0) is 14.3 Å². The number of methoxy groups -OCH3 is 1. The van der Waals surface area contributed by atoms with Gasteiger partial charge in [0.15, 0.2) is 11.7 Å². The molecule has 0 aromatic carbocycles. The number of ether oxygens (including phenoxy) is 1. The van der Waals surface area contributed by atoms with Gasteiger partial charge in [0.2, 0.25) is 0 Å². The van der Waals surface area contributed by atoms with E-state index in [-0.39, 0.29) is 0 Å². The largest absolute Gasteiger partial charge is 0.479 e. The highest BCUT2D eigenvalue weighted by Gasteiger charge is 2.28. The average Bonchev–Trinajstić information content (AvgIpc) is 3.01. The van der Waals surface area contributed by atoms with Crippen molar-refractivity contribution in [2.24, 2.45) is 0 Å². The molecule has 0 aliphatic heterocycles. The predicted molar refractivity (Wildman–Crippen MR) is 186 cm³/mol. The maximum atomic E-state index is 11.0. The Hall–Kier alpha value is -1.14. The van der Waals surface area contributed by atoms with Crippen LogP contribution in [0.2, 0.25) is 0 Å². The predicted octanol–water partition coefficient (Wildman–Crippen LogP) is 11.1. The lowest BCUT2D eigenvalue weighted by atomic mass is 9.97. The van der Waals surface area contributed by atoms with Crippen LogP contribution in [0.3, 0.4) is 0 Å². The van der Waals surface area contributed by atoms with Crippen LogP contribution < -0.4 is 0 Å². The first-order chi connectivity index (χ1) is 21.2. The second kappa shape index (κ2) is 34.7. The van der Waals surface area contributed by atoms with Crippen molar-refractivity contribution in [1.29, 1.82) is 0 Å². The summed E-state index contributed by atoms with van der Waals surface area (Å²) in [5.74, 6) is -1.61. The van der Waals surface area contributed by atoms with Gasteiger partial charge in [-0.3, -0.25) is 0 Å². The van der Waals surface area contributed by atoms with Crippen LogP contribution in [0.1, 0.15) is 213 Å². The Balaban J connectivity index is 0. The summed E-state index contributed by atoms with van der Waals surface area (Å²) in [7, 11) is 1.32. The Labute approximate surface area is 273 Å². The van der Waals surface area contributed by atoms with Crippen molar-refractivity contribution in [1.82, 2.24) is 0 Å². The van der Waals surface area contributed by atoms with Gasteiger partial charge in [-0.25, -0.2) is 9.59 Å². The zero-order chi connectivity index (χ0) is 33.2. The van der Waals surface area contributed by atoms with Crippen molar-refractivity contribution in [3.05, 3.63) is 0 Å². The van der Waals surface area contributed by atoms with Gasteiger partial charge >= 0.3 is 11.9 Å². The third-order valence-corrected chi connectivity index (χ3v) is 8.78. The first-order valence-corrected chi connectivity index (χ1v) is 18.9. The molecule has 6 nitrogen and oxygen atoms in total. The summed E-state index contributed by atoms with van der Waals surface area (Å²) in [4.78, 5) is 21.7. The Morgan fingerprint density at radius 2 is 0.818 bits per heavy atom. The van der Waals surface area contributed by atoms with Crippen molar-refractivity contribution >= 4 is 11.9 Å². The van der Waals surface area contributed by atoms with Crippen molar-refractivity contribution in [2.45, 2.75) is 225 Å². The molecule has 3 N–H and O–H groups in total. The number of aliphatic hydroxyl groups is 2. The van der Waals surface area contributed by atoms with E-state index < -0.39 is 23.6 Å². The average molecular weight is 629 g/mol. The second-order valence-electron chi connectivity index (χ2n) is 13.3. The van der Waals surface area contributed by atoms with Crippen molar-refractivity contribution < 1.29 is 29.6 Å². The quantitative estimate of drug-likeness (QED) is 0.0506. The van der Waals surface area contributed by atoms with Crippen LogP contribution >= 0.6 is 0 Å². The highest BCUT2D eigenvalue weighted by molar-refractivity contribution is 5.76. The third kappa shape index (κ3) is 33.7. The molecule has 0 radical (unpaired) electrons. The summed E-state index contributed by atoms with van der Waals surface area (Å²) in [6.07, 6.45) is 36.3. The van der Waals surface area contributed by atoms with Crippen molar-refractivity contribution in [2.75, 3.05) is 7.11 Å². The Bertz CT molecular complexity index is 604. The van der Waals surface area contributed by atoms with Crippen LogP contribution in [0.5, 0.6) is 0 Å². The molecule has 0 saturated heterocycles. The van der Waals surface area contributed by atoms with Crippen LogP contribution in [0.4, 0.5) is 0 Å². The van der Waals surface area contributed by atoms with Gasteiger partial charge in [0.1, 0.15) is 0 Å². The molecular weight excluding hydrogens is 552 g/mol. The molecule has 2 unspecified atom stereocenters. The lowest BCUT2D eigenvalue weighted by molar-refractivity contribution is -0.157. The summed E-state index contributed by atoms with van der Waals surface area (Å²) in [5, 5.41) is 27.8. The molecule has 0 spiro atoms. The number of carboxylic acids is 1. The molecule has 2 atom stereocenters. The number of hydrogen-bond acceptors (Lipinski definition) is 5. The number of rotatable bonds is 32. The number of carboxylic acid groups (broad SMARTS) is 1. The fraction of sp³-hybridized carbons (Fsp3) is 0.947. The third-order valence-electron chi connectivity index (χ3n) is 8.78. The molecule has 0 aromatic rings. The van der Waals surface area contributed by atoms with Gasteiger partial charge in [-0.15, -0.1) is 0 Å². The number of unbranched alkanes of at least 4 members (excludes halogenated alkanes) is 26. The lowest BCUT2D eigenvalue weighted by Gasteiger charge is -2.17. The van der Waals surface area contributed by atoms with E-state index in [9.17, 15) is 19.8 Å². The van der Waals surface area contributed by atoms with Crippen molar-refractivity contribution in [3.8, 4) is 0 Å². The van der Waals surface area contributed by atoms with Gasteiger partial charge in [-0.2, -0.15) is 0 Å². The number of hydrogen-bond donors (Lipinski definition) is 3. The van der Waals surface area contributed by atoms with Gasteiger partial charge in [-0.05, 0) is 26.2 Å². The van der Waals surface area contributed by atoms with Gasteiger partial charge < -0.3 is 20.1 Å². The van der Waals surface area contributed by atoms with E-state index in [1.807, 2.05) is 0 Å². The minimum absolute atomic E-state index is 0.361. The molecule has 0 rings (SSSR count). The summed E-state index contributed by atoms with van der Waals surface area (Å²) < 4.78 is 4.49. The van der Waals surface area contributed by atoms with Crippen molar-refractivity contribution in [3.63, 3.8) is 0 Å². The van der Waals surface area contributed by atoms with Crippen LogP contribution in [0.15, 0.2) is 0 Å². The molecule has 6 heteroatoms. The molecule has 264 valence electrons. The molecule has 0 aliphatic carbocycles. The first kappa shape index (κ1) is 45.0. The van der Waals surface area contributed by atoms with Gasteiger partial charge in [0.25, 0.3) is 0 Å². The molecule has 44 heavy (non-hydrogen) atoms. The maximum absolute atomic E-state index is 11.0. The number of esters is 1. The molecule has 0 aliphatic rings. The van der Waals surface area contributed by atoms with Gasteiger partial charge in [0, 0.05) is 0 Å². The topological polar surface area (TPSA) is 104 Å². The minimum atomic E-state index is -1.54. The Kier molecular flexibility index (Phi) is 35.5. The van der Waals surface area contributed by atoms with E-state index in [0.29, 0.717) is 12.8 Å². The molecule has 0 fully saturated rings. The number of carbonyl (C=O) groups excluding carboxylic acids is 1. The maximum Gasteiger partial charge on any atom is 0.335 e.